The summed E-state index contributed by atoms with van der Waals surface area (Å²) in [4.78, 5) is 12.1. The number of carbonyl (C=O) groups excluding carboxylic acids is 1. The summed E-state index contributed by atoms with van der Waals surface area (Å²) < 4.78 is 45.4. The zero-order valence-corrected chi connectivity index (χ0v) is 12.8. The zero-order valence-electron chi connectivity index (χ0n) is 12.8. The SMILES string of the molecule is Cc1cc(NC(=O)[C@@H](C)Oc2ccccc2C(F)(F)F)n(C)n1. The maximum atomic E-state index is 12.9. The van der Waals surface area contributed by atoms with E-state index in [1.165, 1.54) is 29.8 Å². The molecule has 5 nitrogen and oxygen atoms in total. The molecule has 0 aliphatic carbocycles. The summed E-state index contributed by atoms with van der Waals surface area (Å²) in [5.41, 5.74) is -0.213. The molecular weight excluding hydrogens is 311 g/mol. The molecular formula is C15H16F3N3O2. The third kappa shape index (κ3) is 4.02. The van der Waals surface area contributed by atoms with Crippen LogP contribution in [0.3, 0.4) is 0 Å². The van der Waals surface area contributed by atoms with Gasteiger partial charge in [-0.3, -0.25) is 9.48 Å². The number of carbonyl (C=O) groups is 1. The highest BCUT2D eigenvalue weighted by Crippen LogP contribution is 2.36. The Morgan fingerprint density at radius 3 is 2.57 bits per heavy atom. The second kappa shape index (κ2) is 6.31. The highest BCUT2D eigenvalue weighted by atomic mass is 19.4. The predicted molar refractivity (Wildman–Crippen MR) is 78.1 cm³/mol. The van der Waals surface area contributed by atoms with Crippen molar-refractivity contribution in [2.24, 2.45) is 7.05 Å². The molecule has 8 heteroatoms. The second-order valence-corrected chi connectivity index (χ2v) is 5.04. The maximum absolute atomic E-state index is 12.9. The van der Waals surface area contributed by atoms with Gasteiger partial charge in [0.1, 0.15) is 11.6 Å². The lowest BCUT2D eigenvalue weighted by molar-refractivity contribution is -0.140. The molecule has 1 aromatic carbocycles. The monoisotopic (exact) mass is 327 g/mol. The van der Waals surface area contributed by atoms with Gasteiger partial charge in [-0.25, -0.2) is 0 Å². The molecule has 0 aliphatic heterocycles. The van der Waals surface area contributed by atoms with Crippen molar-refractivity contribution < 1.29 is 22.7 Å². The molecule has 0 unspecified atom stereocenters. The minimum atomic E-state index is -4.55. The van der Waals surface area contributed by atoms with Gasteiger partial charge >= 0.3 is 6.18 Å². The molecule has 0 spiro atoms. The summed E-state index contributed by atoms with van der Waals surface area (Å²) in [7, 11) is 1.65. The molecule has 0 bridgehead atoms. The average molecular weight is 327 g/mol. The van der Waals surface area contributed by atoms with E-state index >= 15 is 0 Å². The molecule has 1 atom stereocenters. The topological polar surface area (TPSA) is 56.1 Å². The molecule has 0 saturated heterocycles. The Morgan fingerprint density at radius 2 is 2.00 bits per heavy atom. The number of aryl methyl sites for hydroxylation is 2. The normalized spacial score (nSPS) is 12.8. The summed E-state index contributed by atoms with van der Waals surface area (Å²) in [6.07, 6.45) is -5.65. The maximum Gasteiger partial charge on any atom is 0.419 e. The minimum absolute atomic E-state index is 0.385. The van der Waals surface area contributed by atoms with Crippen LogP contribution in [0.2, 0.25) is 0 Å². The molecule has 1 N–H and O–H groups in total. The van der Waals surface area contributed by atoms with Crippen LogP contribution in [-0.4, -0.2) is 21.8 Å². The first-order valence-electron chi connectivity index (χ1n) is 6.83. The van der Waals surface area contributed by atoms with Crippen molar-refractivity contribution in [1.82, 2.24) is 9.78 Å². The predicted octanol–water partition coefficient (Wildman–Crippen LogP) is 3.15. The van der Waals surface area contributed by atoms with Crippen LogP contribution in [-0.2, 0) is 18.0 Å². The molecule has 23 heavy (non-hydrogen) atoms. The summed E-state index contributed by atoms with van der Waals surface area (Å²) in [6.45, 7) is 3.14. The Hall–Kier alpha value is -2.51. The third-order valence-corrected chi connectivity index (χ3v) is 3.12. The fraction of sp³-hybridized carbons (Fsp3) is 0.333. The summed E-state index contributed by atoms with van der Waals surface area (Å²) in [6, 6.07) is 6.41. The van der Waals surface area contributed by atoms with Gasteiger partial charge in [-0.1, -0.05) is 12.1 Å². The standard InChI is InChI=1S/C15H16F3N3O2/c1-9-8-13(21(3)20-9)19-14(22)10(2)23-12-7-5-4-6-11(12)15(16,17)18/h4-8,10H,1-3H3,(H,19,22)/t10-/m1/s1. The fourth-order valence-electron chi connectivity index (χ4n) is 2.00. The van der Waals surface area contributed by atoms with Gasteiger partial charge in [-0.15, -0.1) is 0 Å². The van der Waals surface area contributed by atoms with Gasteiger partial charge in [-0.2, -0.15) is 18.3 Å². The van der Waals surface area contributed by atoms with Crippen LogP contribution < -0.4 is 10.1 Å². The van der Waals surface area contributed by atoms with Crippen molar-refractivity contribution >= 4 is 11.7 Å². The van der Waals surface area contributed by atoms with Crippen molar-refractivity contribution in [3.63, 3.8) is 0 Å². The Kier molecular flexibility index (Phi) is 4.63. The molecule has 1 heterocycles. The molecule has 1 amide bonds. The van der Waals surface area contributed by atoms with Gasteiger partial charge in [0.25, 0.3) is 5.91 Å². The minimum Gasteiger partial charge on any atom is -0.480 e. The molecule has 0 saturated carbocycles. The number of anilines is 1. The molecule has 2 rings (SSSR count). The second-order valence-electron chi connectivity index (χ2n) is 5.04. The van der Waals surface area contributed by atoms with E-state index in [4.69, 9.17) is 4.74 Å². The van der Waals surface area contributed by atoms with Crippen molar-refractivity contribution in [3.05, 3.63) is 41.6 Å². The van der Waals surface area contributed by atoms with Gasteiger partial charge in [0.05, 0.1) is 11.3 Å². The highest BCUT2D eigenvalue weighted by molar-refractivity contribution is 5.93. The van der Waals surface area contributed by atoms with E-state index in [1.54, 1.807) is 20.0 Å². The number of para-hydroxylation sites is 1. The van der Waals surface area contributed by atoms with Gasteiger partial charge in [0.2, 0.25) is 0 Å². The number of alkyl halides is 3. The number of halogens is 3. The fourth-order valence-corrected chi connectivity index (χ4v) is 2.00. The Balaban J connectivity index is 2.12. The van der Waals surface area contributed by atoms with E-state index in [2.05, 4.69) is 10.4 Å². The van der Waals surface area contributed by atoms with Crippen LogP contribution in [0.1, 0.15) is 18.2 Å². The Morgan fingerprint density at radius 1 is 1.35 bits per heavy atom. The Labute approximate surface area is 131 Å². The quantitative estimate of drug-likeness (QED) is 0.938. The van der Waals surface area contributed by atoms with Gasteiger partial charge in [0, 0.05) is 13.1 Å². The van der Waals surface area contributed by atoms with Gasteiger partial charge in [-0.05, 0) is 26.0 Å². The third-order valence-electron chi connectivity index (χ3n) is 3.12. The van der Waals surface area contributed by atoms with Gasteiger partial charge in [0.15, 0.2) is 6.10 Å². The van der Waals surface area contributed by atoms with Crippen LogP contribution in [0.5, 0.6) is 5.75 Å². The van der Waals surface area contributed by atoms with Crippen molar-refractivity contribution in [2.75, 3.05) is 5.32 Å². The van der Waals surface area contributed by atoms with E-state index < -0.39 is 23.8 Å². The van der Waals surface area contributed by atoms with Crippen LogP contribution in [0.25, 0.3) is 0 Å². The lowest BCUT2D eigenvalue weighted by Crippen LogP contribution is -2.31. The first kappa shape index (κ1) is 16.9. The lowest BCUT2D eigenvalue weighted by atomic mass is 10.2. The van der Waals surface area contributed by atoms with E-state index in [0.717, 1.165) is 6.07 Å². The number of nitrogens with one attached hydrogen (secondary N) is 1. The van der Waals surface area contributed by atoms with Crippen LogP contribution >= 0.6 is 0 Å². The van der Waals surface area contributed by atoms with E-state index in [9.17, 15) is 18.0 Å². The van der Waals surface area contributed by atoms with Crippen LogP contribution in [0.15, 0.2) is 30.3 Å². The average Bonchev–Trinajstić information content (AvgIpc) is 2.76. The molecule has 124 valence electrons. The molecule has 1 aromatic heterocycles. The summed E-state index contributed by atoms with van der Waals surface area (Å²) in [5, 5.41) is 6.63. The van der Waals surface area contributed by atoms with Crippen molar-refractivity contribution in [2.45, 2.75) is 26.1 Å². The number of ether oxygens (including phenoxy) is 1. The number of hydrogen-bond donors (Lipinski definition) is 1. The summed E-state index contributed by atoms with van der Waals surface area (Å²) in [5.74, 6) is -0.513. The lowest BCUT2D eigenvalue weighted by Gasteiger charge is -2.18. The molecule has 0 radical (unpaired) electrons. The first-order valence-corrected chi connectivity index (χ1v) is 6.83. The molecule has 0 fully saturated rings. The number of rotatable bonds is 4. The number of hydrogen-bond acceptors (Lipinski definition) is 3. The number of amides is 1. The van der Waals surface area contributed by atoms with E-state index in [1.807, 2.05) is 0 Å². The molecule has 0 aliphatic rings. The molecule has 2 aromatic rings. The number of nitrogens with zero attached hydrogens (tertiary/aromatic N) is 2. The van der Waals surface area contributed by atoms with E-state index in [0.29, 0.717) is 11.5 Å². The number of benzene rings is 1. The first-order chi connectivity index (χ1) is 10.7. The van der Waals surface area contributed by atoms with Gasteiger partial charge < -0.3 is 10.1 Å². The smallest absolute Gasteiger partial charge is 0.419 e. The Bertz CT molecular complexity index is 710. The largest absolute Gasteiger partial charge is 0.480 e. The van der Waals surface area contributed by atoms with Crippen LogP contribution in [0, 0.1) is 6.92 Å². The summed E-state index contributed by atoms with van der Waals surface area (Å²) >= 11 is 0. The van der Waals surface area contributed by atoms with Crippen LogP contribution in [0.4, 0.5) is 19.0 Å². The van der Waals surface area contributed by atoms with E-state index in [-0.39, 0.29) is 5.75 Å². The highest BCUT2D eigenvalue weighted by Gasteiger charge is 2.34. The zero-order chi connectivity index (χ0) is 17.2. The van der Waals surface area contributed by atoms with Crippen molar-refractivity contribution in [3.8, 4) is 5.75 Å². The van der Waals surface area contributed by atoms with Crippen molar-refractivity contribution in [1.29, 1.82) is 0 Å². The number of aromatic nitrogens is 2.